The van der Waals surface area contributed by atoms with Gasteiger partial charge in [-0.15, -0.1) is 10.2 Å². The van der Waals surface area contributed by atoms with Crippen LogP contribution in [0.1, 0.15) is 26.2 Å². The number of hydrogen-bond donors (Lipinski definition) is 2. The first kappa shape index (κ1) is 19.4. The van der Waals surface area contributed by atoms with Gasteiger partial charge >= 0.3 is 0 Å². The highest BCUT2D eigenvalue weighted by Gasteiger charge is 2.21. The third kappa shape index (κ3) is 4.40. The third-order valence-electron chi connectivity index (χ3n) is 4.91. The minimum atomic E-state index is -0.396. The van der Waals surface area contributed by atoms with Gasteiger partial charge < -0.3 is 20.5 Å². The molecule has 0 radical (unpaired) electrons. The summed E-state index contributed by atoms with van der Waals surface area (Å²) in [5, 5.41) is 11.1. The molecular formula is C20H24N6O2S. The maximum atomic E-state index is 12.6. The van der Waals surface area contributed by atoms with Crippen molar-refractivity contribution in [1.82, 2.24) is 14.9 Å². The molecule has 9 heteroatoms. The monoisotopic (exact) mass is 412 g/mol. The Morgan fingerprint density at radius 2 is 1.93 bits per heavy atom. The van der Waals surface area contributed by atoms with Crippen molar-refractivity contribution in [2.75, 3.05) is 29.1 Å². The standard InChI is InChI=1S/C20H24N6O2S/c1-14(29-20-24-23-18(26(20)21)17-6-5-13-28-17)19(27)22-15-7-9-16(10-8-15)25-11-3-2-4-12-25/h5-10,13-14H,2-4,11-12,21H2,1H3,(H,22,27)/t14-/m1/s1. The number of benzene rings is 1. The average molecular weight is 413 g/mol. The summed E-state index contributed by atoms with van der Waals surface area (Å²) in [7, 11) is 0. The Kier molecular flexibility index (Phi) is 5.75. The van der Waals surface area contributed by atoms with Crippen molar-refractivity contribution < 1.29 is 9.21 Å². The largest absolute Gasteiger partial charge is 0.461 e. The fraction of sp³-hybridized carbons (Fsp3) is 0.350. The maximum Gasteiger partial charge on any atom is 0.237 e. The number of hydrogen-bond acceptors (Lipinski definition) is 7. The van der Waals surface area contributed by atoms with Crippen molar-refractivity contribution in [1.29, 1.82) is 0 Å². The molecule has 1 fully saturated rings. The minimum Gasteiger partial charge on any atom is -0.461 e. The van der Waals surface area contributed by atoms with Crippen LogP contribution in [0.15, 0.2) is 52.2 Å². The molecule has 0 saturated carbocycles. The van der Waals surface area contributed by atoms with E-state index >= 15 is 0 Å². The topological polar surface area (TPSA) is 102 Å². The molecule has 4 rings (SSSR count). The second-order valence-corrected chi connectivity index (χ2v) is 8.31. The predicted octanol–water partition coefficient (Wildman–Crippen LogP) is 3.36. The van der Waals surface area contributed by atoms with Gasteiger partial charge in [-0.1, -0.05) is 11.8 Å². The number of carbonyl (C=O) groups is 1. The summed E-state index contributed by atoms with van der Waals surface area (Å²) in [4.78, 5) is 15.0. The van der Waals surface area contributed by atoms with E-state index in [1.54, 1.807) is 18.4 Å². The number of aromatic nitrogens is 3. The molecule has 3 N–H and O–H groups in total. The molecule has 0 bridgehead atoms. The van der Waals surface area contributed by atoms with Gasteiger partial charge in [0.1, 0.15) is 0 Å². The van der Waals surface area contributed by atoms with E-state index in [0.29, 0.717) is 16.7 Å². The van der Waals surface area contributed by atoms with Crippen molar-refractivity contribution in [2.45, 2.75) is 36.6 Å². The fourth-order valence-corrected chi connectivity index (χ4v) is 4.06. The first-order valence-corrected chi connectivity index (χ1v) is 10.6. The number of thioether (sulfide) groups is 1. The molecule has 1 aliphatic rings. The number of nitrogens with two attached hydrogens (primary N) is 1. The summed E-state index contributed by atoms with van der Waals surface area (Å²) in [6, 6.07) is 11.5. The number of nitrogens with zero attached hydrogens (tertiary/aromatic N) is 4. The van der Waals surface area contributed by atoms with Gasteiger partial charge in [0.2, 0.25) is 16.9 Å². The molecule has 0 aliphatic carbocycles. The van der Waals surface area contributed by atoms with Crippen LogP contribution in [0.2, 0.25) is 0 Å². The Balaban J connectivity index is 1.36. The van der Waals surface area contributed by atoms with E-state index in [0.717, 1.165) is 18.8 Å². The second kappa shape index (κ2) is 8.60. The average Bonchev–Trinajstić information content (AvgIpc) is 3.39. The van der Waals surface area contributed by atoms with E-state index in [1.807, 2.05) is 19.1 Å². The van der Waals surface area contributed by atoms with E-state index in [-0.39, 0.29) is 5.91 Å². The van der Waals surface area contributed by atoms with Crippen LogP contribution in [0.25, 0.3) is 11.6 Å². The van der Waals surface area contributed by atoms with Gasteiger partial charge in [-0.3, -0.25) is 4.79 Å². The highest BCUT2D eigenvalue weighted by atomic mass is 32.2. The van der Waals surface area contributed by atoms with Gasteiger partial charge in [0.25, 0.3) is 0 Å². The second-order valence-electron chi connectivity index (χ2n) is 7.00. The number of furan rings is 1. The number of carbonyl (C=O) groups excluding carboxylic acids is 1. The summed E-state index contributed by atoms with van der Waals surface area (Å²) in [6.07, 6.45) is 5.32. The van der Waals surface area contributed by atoms with Crippen molar-refractivity contribution in [3.8, 4) is 11.6 Å². The van der Waals surface area contributed by atoms with Crippen LogP contribution in [-0.4, -0.2) is 39.1 Å². The molecule has 29 heavy (non-hydrogen) atoms. The summed E-state index contributed by atoms with van der Waals surface area (Å²) >= 11 is 1.24. The minimum absolute atomic E-state index is 0.122. The number of piperidine rings is 1. The first-order chi connectivity index (χ1) is 14.1. The Hall–Kier alpha value is -2.94. The quantitative estimate of drug-likeness (QED) is 0.473. The van der Waals surface area contributed by atoms with E-state index in [9.17, 15) is 4.79 Å². The lowest BCUT2D eigenvalue weighted by molar-refractivity contribution is -0.115. The molecule has 2 aromatic heterocycles. The molecule has 1 saturated heterocycles. The lowest BCUT2D eigenvalue weighted by Crippen LogP contribution is -2.29. The zero-order valence-electron chi connectivity index (χ0n) is 16.2. The summed E-state index contributed by atoms with van der Waals surface area (Å²) in [5.41, 5.74) is 1.97. The Bertz CT molecular complexity index is 948. The Morgan fingerprint density at radius 1 is 1.17 bits per heavy atom. The molecule has 1 aromatic carbocycles. The first-order valence-electron chi connectivity index (χ1n) is 9.69. The number of rotatable bonds is 6. The highest BCUT2D eigenvalue weighted by molar-refractivity contribution is 8.00. The molecular weight excluding hydrogens is 388 g/mol. The zero-order valence-corrected chi connectivity index (χ0v) is 17.1. The maximum absolute atomic E-state index is 12.6. The molecule has 1 aliphatic heterocycles. The van der Waals surface area contributed by atoms with Crippen molar-refractivity contribution in [3.05, 3.63) is 42.7 Å². The van der Waals surface area contributed by atoms with Crippen LogP contribution in [-0.2, 0) is 4.79 Å². The molecule has 1 amide bonds. The molecule has 0 spiro atoms. The Morgan fingerprint density at radius 3 is 2.62 bits per heavy atom. The third-order valence-corrected chi connectivity index (χ3v) is 5.97. The van der Waals surface area contributed by atoms with Crippen LogP contribution in [0, 0.1) is 0 Å². The lowest BCUT2D eigenvalue weighted by Gasteiger charge is -2.28. The number of nitrogen functional groups attached to an aromatic ring is 1. The van der Waals surface area contributed by atoms with Crippen LogP contribution < -0.4 is 16.1 Å². The smallest absolute Gasteiger partial charge is 0.237 e. The van der Waals surface area contributed by atoms with Gasteiger partial charge in [0, 0.05) is 24.5 Å². The van der Waals surface area contributed by atoms with Gasteiger partial charge in [-0.2, -0.15) is 0 Å². The van der Waals surface area contributed by atoms with Gasteiger partial charge in [0.05, 0.1) is 11.5 Å². The Labute approximate surface area is 173 Å². The van der Waals surface area contributed by atoms with Gasteiger partial charge in [0.15, 0.2) is 5.76 Å². The normalized spacial score (nSPS) is 15.3. The SMILES string of the molecule is C[C@@H](Sc1nnc(-c2ccco2)n1N)C(=O)Nc1ccc(N2CCCCC2)cc1. The van der Waals surface area contributed by atoms with Crippen LogP contribution in [0.3, 0.4) is 0 Å². The highest BCUT2D eigenvalue weighted by Crippen LogP contribution is 2.26. The summed E-state index contributed by atoms with van der Waals surface area (Å²) in [6.45, 7) is 4.00. The molecule has 1 atom stereocenters. The summed E-state index contributed by atoms with van der Waals surface area (Å²) in [5.74, 6) is 6.88. The van der Waals surface area contributed by atoms with E-state index in [2.05, 4.69) is 32.5 Å². The number of amides is 1. The van der Waals surface area contributed by atoms with Gasteiger partial charge in [-0.25, -0.2) is 4.68 Å². The summed E-state index contributed by atoms with van der Waals surface area (Å²) < 4.78 is 6.64. The van der Waals surface area contributed by atoms with Crippen molar-refractivity contribution in [3.63, 3.8) is 0 Å². The van der Waals surface area contributed by atoms with E-state index in [4.69, 9.17) is 10.3 Å². The number of nitrogens with one attached hydrogen (secondary N) is 1. The van der Waals surface area contributed by atoms with Gasteiger partial charge in [-0.05, 0) is 62.6 Å². The zero-order chi connectivity index (χ0) is 20.2. The lowest BCUT2D eigenvalue weighted by atomic mass is 10.1. The molecule has 3 aromatic rings. The van der Waals surface area contributed by atoms with E-state index < -0.39 is 5.25 Å². The van der Waals surface area contributed by atoms with E-state index in [1.165, 1.54) is 41.4 Å². The van der Waals surface area contributed by atoms with Crippen molar-refractivity contribution >= 4 is 29.0 Å². The molecule has 8 nitrogen and oxygen atoms in total. The predicted molar refractivity (Wildman–Crippen MR) is 114 cm³/mol. The van der Waals surface area contributed by atoms with Crippen LogP contribution in [0.5, 0.6) is 0 Å². The number of anilines is 2. The van der Waals surface area contributed by atoms with Crippen LogP contribution in [0.4, 0.5) is 11.4 Å². The molecule has 3 heterocycles. The van der Waals surface area contributed by atoms with Crippen molar-refractivity contribution in [2.24, 2.45) is 0 Å². The fourth-order valence-electron chi connectivity index (χ4n) is 3.29. The van der Waals surface area contributed by atoms with Crippen LogP contribution >= 0.6 is 11.8 Å². The molecule has 152 valence electrons. The molecule has 0 unspecified atom stereocenters.